The molecule has 0 saturated heterocycles. The summed E-state index contributed by atoms with van der Waals surface area (Å²) in [5, 5.41) is 8.51. The second-order valence-electron chi connectivity index (χ2n) is 2.85. The minimum absolute atomic E-state index is 0.336. The van der Waals surface area contributed by atoms with Crippen LogP contribution in [0.4, 0.5) is 0 Å². The Morgan fingerprint density at radius 1 is 1.22 bits per heavy atom. The van der Waals surface area contributed by atoms with Crippen molar-refractivity contribution < 1.29 is 0 Å². The van der Waals surface area contributed by atoms with Crippen LogP contribution in [0.25, 0.3) is 0 Å². The van der Waals surface area contributed by atoms with Crippen LogP contribution < -0.4 is 0 Å². The molecule has 0 aromatic rings. The Labute approximate surface area is 56.7 Å². The van der Waals surface area contributed by atoms with Gasteiger partial charge in [-0.05, 0) is 31.6 Å². The number of hydrogen-bond donors (Lipinski definition) is 0. The summed E-state index contributed by atoms with van der Waals surface area (Å²) < 4.78 is 0. The molecule has 0 atom stereocenters. The molecule has 0 amide bonds. The highest BCUT2D eigenvalue weighted by Crippen LogP contribution is 2.26. The molecule has 0 N–H and O–H groups in total. The van der Waals surface area contributed by atoms with Gasteiger partial charge in [-0.3, -0.25) is 0 Å². The summed E-state index contributed by atoms with van der Waals surface area (Å²) in [5.74, 6) is 0.956. The zero-order valence-corrected chi connectivity index (χ0v) is 5.64. The lowest BCUT2D eigenvalue weighted by Gasteiger charge is -2.20. The van der Waals surface area contributed by atoms with E-state index >= 15 is 0 Å². The highest BCUT2D eigenvalue weighted by Gasteiger charge is 2.16. The molecule has 9 heavy (non-hydrogen) atoms. The molecule has 49 valence electrons. The lowest BCUT2D eigenvalue weighted by Crippen LogP contribution is -2.10. The quantitative estimate of drug-likeness (QED) is 0.483. The van der Waals surface area contributed by atoms with Gasteiger partial charge in [-0.1, -0.05) is 6.92 Å². The van der Waals surface area contributed by atoms with Crippen LogP contribution in [0.3, 0.4) is 0 Å². The van der Waals surface area contributed by atoms with E-state index in [1.54, 1.807) is 0 Å². The van der Waals surface area contributed by atoms with Crippen LogP contribution in [0.15, 0.2) is 0 Å². The molecule has 0 aromatic carbocycles. The first kappa shape index (κ1) is 6.61. The molecule has 0 spiro atoms. The molecule has 1 nitrogen and oxygen atoms in total. The van der Waals surface area contributed by atoms with Crippen molar-refractivity contribution >= 4 is 0 Å². The van der Waals surface area contributed by atoms with E-state index in [9.17, 15) is 0 Å². The largest absolute Gasteiger partial charge is 0.198 e. The van der Waals surface area contributed by atoms with Crippen LogP contribution in [-0.2, 0) is 0 Å². The van der Waals surface area contributed by atoms with E-state index in [-0.39, 0.29) is 0 Å². The molecular formula is C8H12N. The highest BCUT2D eigenvalue weighted by atomic mass is 14.3. The van der Waals surface area contributed by atoms with E-state index in [1.807, 2.05) is 0 Å². The van der Waals surface area contributed by atoms with Crippen molar-refractivity contribution in [3.63, 3.8) is 0 Å². The molecule has 1 saturated carbocycles. The monoisotopic (exact) mass is 122 g/mol. The Bertz CT molecular complexity index is 115. The van der Waals surface area contributed by atoms with Gasteiger partial charge in [-0.2, -0.15) is 5.26 Å². The summed E-state index contributed by atoms with van der Waals surface area (Å²) in [6, 6.07) is 2.30. The van der Waals surface area contributed by atoms with Crippen molar-refractivity contribution in [1.29, 1.82) is 5.26 Å². The third-order valence-corrected chi connectivity index (χ3v) is 2.03. The van der Waals surface area contributed by atoms with Gasteiger partial charge in [0.1, 0.15) is 0 Å². The molecular weight excluding hydrogens is 110 g/mol. The van der Waals surface area contributed by atoms with E-state index in [0.717, 1.165) is 25.7 Å². The number of hydrogen-bond acceptors (Lipinski definition) is 1. The fourth-order valence-electron chi connectivity index (χ4n) is 1.29. The second-order valence-corrected chi connectivity index (χ2v) is 2.85. The second kappa shape index (κ2) is 2.87. The zero-order valence-electron chi connectivity index (χ0n) is 5.64. The van der Waals surface area contributed by atoms with Gasteiger partial charge in [-0.25, -0.2) is 0 Å². The normalized spacial score (nSPS) is 35.6. The van der Waals surface area contributed by atoms with Gasteiger partial charge >= 0.3 is 0 Å². The van der Waals surface area contributed by atoms with E-state index < -0.39 is 0 Å². The fraction of sp³-hybridized carbons (Fsp3) is 0.750. The molecule has 1 aliphatic carbocycles. The minimum Gasteiger partial charge on any atom is -0.198 e. The topological polar surface area (TPSA) is 23.8 Å². The van der Waals surface area contributed by atoms with Crippen LogP contribution in [-0.4, -0.2) is 0 Å². The smallest absolute Gasteiger partial charge is 0.0655 e. The fourth-order valence-corrected chi connectivity index (χ4v) is 1.29. The van der Waals surface area contributed by atoms with Gasteiger partial charge in [0.05, 0.1) is 6.07 Å². The predicted molar refractivity (Wildman–Crippen MR) is 36.4 cm³/mol. The molecule has 1 heteroatoms. The van der Waals surface area contributed by atoms with Gasteiger partial charge in [-0.15, -0.1) is 0 Å². The first-order valence-electron chi connectivity index (χ1n) is 3.55. The van der Waals surface area contributed by atoms with Crippen molar-refractivity contribution in [3.8, 4) is 6.07 Å². The van der Waals surface area contributed by atoms with Crippen molar-refractivity contribution in [1.82, 2.24) is 0 Å². The van der Waals surface area contributed by atoms with Crippen LogP contribution in [0.1, 0.15) is 25.7 Å². The van der Waals surface area contributed by atoms with Crippen LogP contribution >= 0.6 is 0 Å². The first-order valence-corrected chi connectivity index (χ1v) is 3.55. The van der Waals surface area contributed by atoms with Gasteiger partial charge < -0.3 is 0 Å². The molecule has 1 fully saturated rings. The molecule has 1 rings (SSSR count). The maximum atomic E-state index is 8.51. The van der Waals surface area contributed by atoms with Crippen molar-refractivity contribution in [2.45, 2.75) is 25.7 Å². The summed E-state index contributed by atoms with van der Waals surface area (Å²) in [7, 11) is 0. The van der Waals surface area contributed by atoms with E-state index in [2.05, 4.69) is 13.0 Å². The van der Waals surface area contributed by atoms with Crippen LogP contribution in [0.5, 0.6) is 0 Å². The number of nitrogens with zero attached hydrogens (tertiary/aromatic N) is 1. The Balaban J connectivity index is 2.28. The summed E-state index contributed by atoms with van der Waals surface area (Å²) in [6.07, 6.45) is 4.45. The molecule has 1 radical (unpaired) electrons. The average molecular weight is 122 g/mol. The number of rotatable bonds is 0. The van der Waals surface area contributed by atoms with Crippen molar-refractivity contribution in [3.05, 3.63) is 6.92 Å². The maximum Gasteiger partial charge on any atom is 0.0655 e. The lowest BCUT2D eigenvalue weighted by atomic mass is 9.84. The zero-order chi connectivity index (χ0) is 6.69. The van der Waals surface area contributed by atoms with Gasteiger partial charge in [0.2, 0.25) is 0 Å². The average Bonchev–Trinajstić information content (AvgIpc) is 1.90. The Kier molecular flexibility index (Phi) is 2.10. The Hall–Kier alpha value is -0.510. The first-order chi connectivity index (χ1) is 4.33. The summed E-state index contributed by atoms with van der Waals surface area (Å²) in [6.45, 7) is 3.96. The summed E-state index contributed by atoms with van der Waals surface area (Å²) in [4.78, 5) is 0. The van der Waals surface area contributed by atoms with E-state index in [0.29, 0.717) is 11.8 Å². The molecule has 0 aromatic heterocycles. The van der Waals surface area contributed by atoms with E-state index in [1.165, 1.54) is 0 Å². The Morgan fingerprint density at radius 2 is 1.78 bits per heavy atom. The SMILES string of the molecule is [CH2][C@H]1CC[C@H](C#N)CC1. The predicted octanol–water partition coefficient (Wildman–Crippen LogP) is 2.15. The lowest BCUT2D eigenvalue weighted by molar-refractivity contribution is 0.360. The maximum absolute atomic E-state index is 8.51. The third kappa shape index (κ3) is 1.71. The standard InChI is InChI=1S/C8H12N/c1-7-2-4-8(6-9)5-3-7/h7-8H,1-5H2/t7-,8-. The Morgan fingerprint density at radius 3 is 2.22 bits per heavy atom. The van der Waals surface area contributed by atoms with Crippen molar-refractivity contribution in [2.75, 3.05) is 0 Å². The third-order valence-electron chi connectivity index (χ3n) is 2.03. The molecule has 0 aliphatic heterocycles. The van der Waals surface area contributed by atoms with Crippen molar-refractivity contribution in [2.24, 2.45) is 11.8 Å². The minimum atomic E-state index is 0.336. The molecule has 0 heterocycles. The summed E-state index contributed by atoms with van der Waals surface area (Å²) in [5.41, 5.74) is 0. The van der Waals surface area contributed by atoms with Gasteiger partial charge in [0.25, 0.3) is 0 Å². The molecule has 0 unspecified atom stereocenters. The van der Waals surface area contributed by atoms with Gasteiger partial charge in [0.15, 0.2) is 0 Å². The molecule has 1 aliphatic rings. The summed E-state index contributed by atoms with van der Waals surface area (Å²) >= 11 is 0. The van der Waals surface area contributed by atoms with Crippen LogP contribution in [0.2, 0.25) is 0 Å². The molecule has 0 bridgehead atoms. The van der Waals surface area contributed by atoms with Gasteiger partial charge in [0, 0.05) is 5.92 Å². The highest BCUT2D eigenvalue weighted by molar-refractivity contribution is 4.87. The van der Waals surface area contributed by atoms with E-state index in [4.69, 9.17) is 5.26 Å². The van der Waals surface area contributed by atoms with Crippen LogP contribution in [0, 0.1) is 30.1 Å². The number of nitriles is 1.